The number of benzene rings is 1. The van der Waals surface area contributed by atoms with E-state index >= 15 is 0 Å². The lowest BCUT2D eigenvalue weighted by Gasteiger charge is -2.31. The van der Waals surface area contributed by atoms with E-state index in [1.54, 1.807) is 24.3 Å². The van der Waals surface area contributed by atoms with Gasteiger partial charge in [-0.1, -0.05) is 6.07 Å². The van der Waals surface area contributed by atoms with Gasteiger partial charge in [0.1, 0.15) is 18.0 Å². The van der Waals surface area contributed by atoms with E-state index in [2.05, 4.69) is 10.9 Å². The molecule has 26 heavy (non-hydrogen) atoms. The van der Waals surface area contributed by atoms with Crippen LogP contribution < -0.4 is 10.3 Å². The van der Waals surface area contributed by atoms with E-state index in [0.717, 1.165) is 0 Å². The number of nitriles is 1. The van der Waals surface area contributed by atoms with Gasteiger partial charge < -0.3 is 9.57 Å². The molecule has 8 heteroatoms. The molecule has 2 aromatic rings. The summed E-state index contributed by atoms with van der Waals surface area (Å²) in [6.45, 7) is 3.42. The molecule has 0 bridgehead atoms. The van der Waals surface area contributed by atoms with Gasteiger partial charge in [-0.25, -0.2) is 0 Å². The van der Waals surface area contributed by atoms with Crippen molar-refractivity contribution >= 4 is 5.70 Å². The third-order valence-corrected chi connectivity index (χ3v) is 3.81. The molecule has 1 aliphatic heterocycles. The van der Waals surface area contributed by atoms with Gasteiger partial charge in [-0.2, -0.15) is 5.26 Å². The van der Waals surface area contributed by atoms with Gasteiger partial charge in [-0.05, 0) is 43.7 Å². The Morgan fingerprint density at radius 3 is 2.81 bits per heavy atom. The van der Waals surface area contributed by atoms with Gasteiger partial charge in [0, 0.05) is 17.8 Å². The molecule has 3 rings (SSSR count). The maximum atomic E-state index is 12.4. The number of rotatable bonds is 4. The lowest BCUT2D eigenvalue weighted by atomic mass is 9.97. The van der Waals surface area contributed by atoms with Crippen molar-refractivity contribution in [2.75, 3.05) is 0 Å². The highest BCUT2D eigenvalue weighted by molar-refractivity contribution is 5.74. The van der Waals surface area contributed by atoms with Gasteiger partial charge in [-0.3, -0.25) is 9.36 Å². The molecule has 0 fully saturated rings. The molecule has 0 saturated carbocycles. The topological polar surface area (TPSA) is 107 Å². The molecule has 8 nitrogen and oxygen atoms in total. The number of hydrogen-bond donors (Lipinski definition) is 0. The first-order chi connectivity index (χ1) is 12.3. The standard InChI is InChI=1S/C18H15N3O5/c1-18(2)8-15(14-7-12(9-19)3-5-16(14)26-18)20-10-13(4-6-17(20)22)11-25-21(23)24/h3-8,10H,11H2,1-2H3. The molecular formula is C18H15N3O5. The second-order valence-corrected chi connectivity index (χ2v) is 6.30. The first kappa shape index (κ1) is 17.2. The summed E-state index contributed by atoms with van der Waals surface area (Å²) in [6, 6.07) is 9.82. The van der Waals surface area contributed by atoms with Gasteiger partial charge >= 0.3 is 0 Å². The molecule has 0 unspecified atom stereocenters. The second kappa shape index (κ2) is 6.37. The number of hydrogen-bond acceptors (Lipinski definition) is 6. The summed E-state index contributed by atoms with van der Waals surface area (Å²) in [5.74, 6) is 0.547. The SMILES string of the molecule is CC1(C)C=C(n2cc(CO[N+](=O)[O-])ccc2=O)c2cc(C#N)ccc2O1. The Morgan fingerprint density at radius 2 is 2.12 bits per heavy atom. The van der Waals surface area contributed by atoms with Crippen molar-refractivity contribution in [1.29, 1.82) is 5.26 Å². The minimum absolute atomic E-state index is 0.272. The minimum Gasteiger partial charge on any atom is -0.483 e. The zero-order valence-corrected chi connectivity index (χ0v) is 14.1. The predicted molar refractivity (Wildman–Crippen MR) is 91.7 cm³/mol. The van der Waals surface area contributed by atoms with Gasteiger partial charge in [0.05, 0.1) is 17.3 Å². The van der Waals surface area contributed by atoms with Crippen molar-refractivity contribution in [2.45, 2.75) is 26.1 Å². The molecular weight excluding hydrogens is 338 g/mol. The normalized spacial score (nSPS) is 14.4. The maximum Gasteiger partial charge on any atom is 0.294 e. The van der Waals surface area contributed by atoms with Crippen LogP contribution in [0.15, 0.2) is 47.4 Å². The molecule has 132 valence electrons. The fraction of sp³-hybridized carbons (Fsp3) is 0.222. The van der Waals surface area contributed by atoms with Gasteiger partial charge in [0.2, 0.25) is 0 Å². The number of aromatic nitrogens is 1. The Morgan fingerprint density at radius 1 is 1.35 bits per heavy atom. The van der Waals surface area contributed by atoms with Crippen molar-refractivity contribution in [3.8, 4) is 11.8 Å². The summed E-state index contributed by atoms with van der Waals surface area (Å²) in [6.07, 6.45) is 3.26. The lowest BCUT2D eigenvalue weighted by molar-refractivity contribution is -0.763. The van der Waals surface area contributed by atoms with E-state index in [1.807, 2.05) is 13.8 Å². The third kappa shape index (κ3) is 3.42. The first-order valence-electron chi connectivity index (χ1n) is 7.75. The largest absolute Gasteiger partial charge is 0.483 e. The van der Waals surface area contributed by atoms with E-state index in [-0.39, 0.29) is 12.2 Å². The van der Waals surface area contributed by atoms with Crippen LogP contribution in [0.2, 0.25) is 0 Å². The van der Waals surface area contributed by atoms with Crippen LogP contribution in [0.3, 0.4) is 0 Å². The van der Waals surface area contributed by atoms with E-state index in [4.69, 9.17) is 10.00 Å². The zero-order valence-electron chi connectivity index (χ0n) is 14.1. The summed E-state index contributed by atoms with van der Waals surface area (Å²) in [7, 11) is 0. The van der Waals surface area contributed by atoms with Crippen LogP contribution >= 0.6 is 0 Å². The maximum absolute atomic E-state index is 12.4. The average molecular weight is 353 g/mol. The zero-order chi connectivity index (χ0) is 18.9. The van der Waals surface area contributed by atoms with Crippen molar-refractivity contribution in [3.63, 3.8) is 0 Å². The third-order valence-electron chi connectivity index (χ3n) is 3.81. The average Bonchev–Trinajstić information content (AvgIpc) is 2.59. The van der Waals surface area contributed by atoms with Crippen LogP contribution in [-0.2, 0) is 11.4 Å². The van der Waals surface area contributed by atoms with E-state index in [1.165, 1.54) is 22.9 Å². The van der Waals surface area contributed by atoms with Gasteiger partial charge in [0.25, 0.3) is 10.6 Å². The van der Waals surface area contributed by atoms with Crippen LogP contribution in [0.5, 0.6) is 5.75 Å². The molecule has 2 heterocycles. The number of fused-ring (bicyclic) bond motifs is 1. The number of nitrogens with zero attached hydrogens (tertiary/aromatic N) is 3. The highest BCUT2D eigenvalue weighted by Crippen LogP contribution is 2.36. The second-order valence-electron chi connectivity index (χ2n) is 6.30. The molecule has 0 atom stereocenters. The van der Waals surface area contributed by atoms with Crippen molar-refractivity contribution in [2.24, 2.45) is 0 Å². The van der Waals surface area contributed by atoms with E-state index in [9.17, 15) is 14.9 Å². The van der Waals surface area contributed by atoms with Crippen LogP contribution in [0.4, 0.5) is 0 Å². The lowest BCUT2D eigenvalue weighted by Crippen LogP contribution is -2.32. The molecule has 1 aromatic carbocycles. The van der Waals surface area contributed by atoms with Crippen molar-refractivity contribution in [3.05, 3.63) is 79.8 Å². The van der Waals surface area contributed by atoms with Gasteiger partial charge in [0.15, 0.2) is 0 Å². The Balaban J connectivity index is 2.14. The van der Waals surface area contributed by atoms with Crippen molar-refractivity contribution < 1.29 is 14.7 Å². The smallest absolute Gasteiger partial charge is 0.294 e. The highest BCUT2D eigenvalue weighted by Gasteiger charge is 2.28. The molecule has 0 radical (unpaired) electrons. The van der Waals surface area contributed by atoms with Crippen molar-refractivity contribution in [1.82, 2.24) is 4.57 Å². The van der Waals surface area contributed by atoms with E-state index in [0.29, 0.717) is 28.1 Å². The molecule has 1 aliphatic rings. The van der Waals surface area contributed by atoms with Crippen LogP contribution in [0.1, 0.15) is 30.5 Å². The van der Waals surface area contributed by atoms with Crippen LogP contribution in [0, 0.1) is 21.4 Å². The Kier molecular flexibility index (Phi) is 4.22. The molecule has 0 amide bonds. The summed E-state index contributed by atoms with van der Waals surface area (Å²) in [4.78, 5) is 27.2. The summed E-state index contributed by atoms with van der Waals surface area (Å²) >= 11 is 0. The minimum atomic E-state index is -0.888. The van der Waals surface area contributed by atoms with E-state index < -0.39 is 10.7 Å². The van der Waals surface area contributed by atoms with Crippen LogP contribution in [-0.4, -0.2) is 15.3 Å². The molecule has 0 N–H and O–H groups in total. The quantitative estimate of drug-likeness (QED) is 0.617. The fourth-order valence-corrected chi connectivity index (χ4v) is 2.74. The Labute approximate surface area is 148 Å². The molecule has 1 aromatic heterocycles. The summed E-state index contributed by atoms with van der Waals surface area (Å²) in [5.41, 5.74) is 1.04. The number of ether oxygens (including phenoxy) is 1. The Hall–Kier alpha value is -3.60. The first-order valence-corrected chi connectivity index (χ1v) is 7.75. The fourth-order valence-electron chi connectivity index (χ4n) is 2.74. The summed E-state index contributed by atoms with van der Waals surface area (Å²) < 4.78 is 7.28. The van der Waals surface area contributed by atoms with Crippen LogP contribution in [0.25, 0.3) is 5.70 Å². The highest BCUT2D eigenvalue weighted by atomic mass is 16.9. The number of pyridine rings is 1. The monoisotopic (exact) mass is 353 g/mol. The predicted octanol–water partition coefficient (Wildman–Crippen LogP) is 2.49. The molecule has 0 aliphatic carbocycles. The van der Waals surface area contributed by atoms with Gasteiger partial charge in [-0.15, -0.1) is 10.1 Å². The molecule has 0 saturated heterocycles. The summed E-state index contributed by atoms with van der Waals surface area (Å²) in [5, 5.41) is 18.7. The Bertz CT molecular complexity index is 1010. The molecule has 0 spiro atoms.